The van der Waals surface area contributed by atoms with Crippen molar-refractivity contribution in [1.29, 1.82) is 0 Å². The zero-order chi connectivity index (χ0) is 9.47. The molecule has 0 radical (unpaired) electrons. The maximum Gasteiger partial charge on any atom is 0.417 e. The van der Waals surface area contributed by atoms with E-state index >= 15 is 0 Å². The van der Waals surface area contributed by atoms with Gasteiger partial charge in [-0.05, 0) is 23.7 Å². The van der Waals surface area contributed by atoms with Gasteiger partial charge in [0.05, 0.1) is 10.3 Å². The normalized spacial score (nSPS) is 12.2. The summed E-state index contributed by atoms with van der Waals surface area (Å²) in [5, 5.41) is 3.56. The largest absolute Gasteiger partial charge is 0.417 e. The van der Waals surface area contributed by atoms with Crippen LogP contribution in [0.25, 0.3) is 10.2 Å². The minimum absolute atomic E-state index is 0.0926. The highest BCUT2D eigenvalue weighted by molar-refractivity contribution is 7.13. The SMILES string of the molecule is FC(F)(F)c1cccc2nnsc12. The van der Waals surface area contributed by atoms with Gasteiger partial charge in [0, 0.05) is 0 Å². The van der Waals surface area contributed by atoms with Crippen molar-refractivity contribution in [3.05, 3.63) is 23.8 Å². The Balaban J connectivity index is 2.75. The molecule has 0 fully saturated rings. The van der Waals surface area contributed by atoms with Crippen molar-refractivity contribution in [1.82, 2.24) is 9.59 Å². The number of benzene rings is 1. The minimum atomic E-state index is -4.33. The Morgan fingerprint density at radius 2 is 2.00 bits per heavy atom. The van der Waals surface area contributed by atoms with E-state index in [2.05, 4.69) is 9.59 Å². The third-order valence-corrected chi connectivity index (χ3v) is 2.36. The van der Waals surface area contributed by atoms with Gasteiger partial charge in [-0.1, -0.05) is 10.6 Å². The molecule has 0 atom stereocenters. The molecule has 0 amide bonds. The first-order chi connectivity index (χ1) is 6.09. The lowest BCUT2D eigenvalue weighted by Crippen LogP contribution is -2.04. The average molecular weight is 204 g/mol. The summed E-state index contributed by atoms with van der Waals surface area (Å²) in [6.07, 6.45) is -4.33. The lowest BCUT2D eigenvalue weighted by molar-refractivity contribution is -0.136. The Kier molecular flexibility index (Phi) is 1.73. The molecule has 0 aliphatic carbocycles. The number of fused-ring (bicyclic) bond motifs is 1. The van der Waals surface area contributed by atoms with Crippen molar-refractivity contribution >= 4 is 21.7 Å². The molecule has 0 aliphatic heterocycles. The van der Waals surface area contributed by atoms with Crippen molar-refractivity contribution in [3.8, 4) is 0 Å². The predicted molar refractivity (Wildman–Crippen MR) is 42.4 cm³/mol. The van der Waals surface area contributed by atoms with Gasteiger partial charge in [-0.2, -0.15) is 13.2 Å². The highest BCUT2D eigenvalue weighted by Crippen LogP contribution is 2.35. The second kappa shape index (κ2) is 2.66. The Bertz CT molecular complexity index is 434. The summed E-state index contributed by atoms with van der Waals surface area (Å²) in [4.78, 5) is 0. The maximum atomic E-state index is 12.3. The van der Waals surface area contributed by atoms with E-state index in [4.69, 9.17) is 0 Å². The van der Waals surface area contributed by atoms with Crippen molar-refractivity contribution in [2.24, 2.45) is 0 Å². The molecular weight excluding hydrogens is 201 g/mol. The summed E-state index contributed by atoms with van der Waals surface area (Å²) >= 11 is 0.760. The molecule has 1 aromatic carbocycles. The topological polar surface area (TPSA) is 25.8 Å². The average Bonchev–Trinajstić information content (AvgIpc) is 2.48. The quantitative estimate of drug-likeness (QED) is 0.659. The Morgan fingerprint density at radius 3 is 2.69 bits per heavy atom. The molecule has 0 unspecified atom stereocenters. The van der Waals surface area contributed by atoms with Crippen molar-refractivity contribution in [2.75, 3.05) is 0 Å². The van der Waals surface area contributed by atoms with Gasteiger partial charge in [0.2, 0.25) is 0 Å². The van der Waals surface area contributed by atoms with E-state index in [0.29, 0.717) is 5.52 Å². The van der Waals surface area contributed by atoms with Crippen molar-refractivity contribution in [3.63, 3.8) is 0 Å². The number of rotatable bonds is 0. The zero-order valence-corrected chi connectivity index (χ0v) is 6.99. The first-order valence-corrected chi connectivity index (χ1v) is 4.14. The minimum Gasteiger partial charge on any atom is -0.166 e. The fourth-order valence-corrected chi connectivity index (χ4v) is 1.72. The maximum absolute atomic E-state index is 12.3. The summed E-state index contributed by atoms with van der Waals surface area (Å²) < 4.78 is 40.6. The molecule has 68 valence electrons. The van der Waals surface area contributed by atoms with E-state index < -0.39 is 11.7 Å². The van der Waals surface area contributed by atoms with Gasteiger partial charge in [0.15, 0.2) is 0 Å². The van der Waals surface area contributed by atoms with E-state index in [1.54, 1.807) is 0 Å². The van der Waals surface area contributed by atoms with Crippen LogP contribution in [-0.4, -0.2) is 9.59 Å². The molecule has 1 heterocycles. The zero-order valence-electron chi connectivity index (χ0n) is 6.17. The van der Waals surface area contributed by atoms with Gasteiger partial charge in [-0.3, -0.25) is 0 Å². The van der Waals surface area contributed by atoms with Gasteiger partial charge >= 0.3 is 6.18 Å². The number of halogens is 3. The Hall–Kier alpha value is -1.17. The molecule has 1 aromatic heterocycles. The third kappa shape index (κ3) is 1.37. The van der Waals surface area contributed by atoms with E-state index in [1.807, 2.05) is 0 Å². The van der Waals surface area contributed by atoms with Crippen molar-refractivity contribution < 1.29 is 13.2 Å². The lowest BCUT2D eigenvalue weighted by atomic mass is 10.2. The second-order valence-corrected chi connectivity index (χ2v) is 3.18. The van der Waals surface area contributed by atoms with Gasteiger partial charge < -0.3 is 0 Å². The molecule has 0 spiro atoms. The number of aromatic nitrogens is 2. The molecule has 0 aliphatic rings. The molecule has 13 heavy (non-hydrogen) atoms. The molecular formula is C7H3F3N2S. The molecule has 0 N–H and O–H groups in total. The van der Waals surface area contributed by atoms with Crippen LogP contribution in [0.15, 0.2) is 18.2 Å². The van der Waals surface area contributed by atoms with Gasteiger partial charge in [0.25, 0.3) is 0 Å². The number of hydrogen-bond donors (Lipinski definition) is 0. The number of alkyl halides is 3. The van der Waals surface area contributed by atoms with Crippen LogP contribution in [0.4, 0.5) is 13.2 Å². The molecule has 2 aromatic rings. The molecule has 0 saturated heterocycles. The second-order valence-electron chi connectivity index (χ2n) is 2.42. The van der Waals surface area contributed by atoms with Gasteiger partial charge in [-0.25, -0.2) is 0 Å². The van der Waals surface area contributed by atoms with Crippen LogP contribution in [0.2, 0.25) is 0 Å². The van der Waals surface area contributed by atoms with Gasteiger partial charge in [0.1, 0.15) is 5.52 Å². The predicted octanol–water partition coefficient (Wildman–Crippen LogP) is 2.71. The summed E-state index contributed by atoms with van der Waals surface area (Å²) in [7, 11) is 0. The first-order valence-electron chi connectivity index (χ1n) is 3.37. The van der Waals surface area contributed by atoms with E-state index in [9.17, 15) is 13.2 Å². The van der Waals surface area contributed by atoms with Crippen LogP contribution in [0, 0.1) is 0 Å². The standard InChI is InChI=1S/C7H3F3N2S/c8-7(9,10)4-2-1-3-5-6(4)13-12-11-5/h1-3H. The molecule has 6 heteroatoms. The fourth-order valence-electron chi connectivity index (χ4n) is 1.03. The Labute approximate surface area is 75.2 Å². The van der Waals surface area contributed by atoms with Crippen molar-refractivity contribution in [2.45, 2.75) is 6.18 Å². The lowest BCUT2D eigenvalue weighted by Gasteiger charge is -2.05. The van der Waals surface area contributed by atoms with Crippen LogP contribution in [-0.2, 0) is 6.18 Å². The monoisotopic (exact) mass is 204 g/mol. The van der Waals surface area contributed by atoms with E-state index in [-0.39, 0.29) is 4.70 Å². The fraction of sp³-hybridized carbons (Fsp3) is 0.143. The van der Waals surface area contributed by atoms with Crippen LogP contribution in [0.1, 0.15) is 5.56 Å². The summed E-state index contributed by atoms with van der Waals surface area (Å²) in [5.74, 6) is 0. The summed E-state index contributed by atoms with van der Waals surface area (Å²) in [6, 6.07) is 3.86. The molecule has 0 bridgehead atoms. The van der Waals surface area contributed by atoms with Crippen LogP contribution >= 0.6 is 11.5 Å². The van der Waals surface area contributed by atoms with Crippen LogP contribution in [0.3, 0.4) is 0 Å². The Morgan fingerprint density at radius 1 is 1.23 bits per heavy atom. The smallest absolute Gasteiger partial charge is 0.166 e. The number of hydrogen-bond acceptors (Lipinski definition) is 3. The number of nitrogens with zero attached hydrogens (tertiary/aromatic N) is 2. The highest BCUT2D eigenvalue weighted by Gasteiger charge is 2.33. The van der Waals surface area contributed by atoms with Crippen LogP contribution < -0.4 is 0 Å². The van der Waals surface area contributed by atoms with E-state index in [1.165, 1.54) is 12.1 Å². The first kappa shape index (κ1) is 8.43. The highest BCUT2D eigenvalue weighted by atomic mass is 32.1. The third-order valence-electron chi connectivity index (χ3n) is 1.58. The molecule has 2 nitrogen and oxygen atoms in total. The van der Waals surface area contributed by atoms with E-state index in [0.717, 1.165) is 17.6 Å². The summed E-state index contributed by atoms with van der Waals surface area (Å²) in [6.45, 7) is 0. The van der Waals surface area contributed by atoms with Crippen LogP contribution in [0.5, 0.6) is 0 Å². The molecule has 2 rings (SSSR count). The summed E-state index contributed by atoms with van der Waals surface area (Å²) in [5.41, 5.74) is -0.375. The molecule has 0 saturated carbocycles. The van der Waals surface area contributed by atoms with Gasteiger partial charge in [-0.15, -0.1) is 5.10 Å².